The fraction of sp³-hybridized carbons (Fsp3) is 0.500. The first-order valence-electron chi connectivity index (χ1n) is 10.2. The van der Waals surface area contributed by atoms with Gasteiger partial charge in [-0.15, -0.1) is 0 Å². The van der Waals surface area contributed by atoms with Crippen LogP contribution < -0.4 is 5.32 Å². The Bertz CT molecular complexity index is 969. The number of carbonyl (C=O) groups excluding carboxylic acids is 1. The molecule has 1 aliphatic carbocycles. The first kappa shape index (κ1) is 18.0. The fourth-order valence-corrected chi connectivity index (χ4v) is 4.07. The van der Waals surface area contributed by atoms with Crippen molar-refractivity contribution in [2.45, 2.75) is 65.3 Å². The molecule has 1 fully saturated rings. The van der Waals surface area contributed by atoms with Crippen molar-refractivity contribution < 1.29 is 4.79 Å². The van der Waals surface area contributed by atoms with E-state index in [4.69, 9.17) is 10.1 Å². The molecule has 2 heterocycles. The van der Waals surface area contributed by atoms with Crippen molar-refractivity contribution in [3.8, 4) is 0 Å². The predicted octanol–water partition coefficient (Wildman–Crippen LogP) is 5.21. The second-order valence-corrected chi connectivity index (χ2v) is 7.76. The zero-order chi connectivity index (χ0) is 18.8. The van der Waals surface area contributed by atoms with E-state index in [0.717, 1.165) is 72.6 Å². The molecule has 4 rings (SSSR count). The van der Waals surface area contributed by atoms with Gasteiger partial charge in [0.25, 0.3) is 0 Å². The molecule has 0 radical (unpaired) electrons. The third-order valence-electron chi connectivity index (χ3n) is 5.69. The molecule has 1 amide bonds. The molecule has 1 aromatic carbocycles. The number of para-hydroxylation sites is 1. The molecule has 0 aliphatic heterocycles. The lowest BCUT2D eigenvalue weighted by Crippen LogP contribution is -2.25. The summed E-state index contributed by atoms with van der Waals surface area (Å²) in [6.45, 7) is 5.07. The van der Waals surface area contributed by atoms with Crippen molar-refractivity contribution in [3.05, 3.63) is 29.8 Å². The summed E-state index contributed by atoms with van der Waals surface area (Å²) >= 11 is 0. The van der Waals surface area contributed by atoms with E-state index < -0.39 is 0 Å². The third kappa shape index (κ3) is 3.55. The van der Waals surface area contributed by atoms with Crippen molar-refractivity contribution in [1.29, 1.82) is 0 Å². The van der Waals surface area contributed by atoms with Crippen molar-refractivity contribution >= 4 is 33.7 Å². The van der Waals surface area contributed by atoms with Gasteiger partial charge in [-0.25, -0.2) is 9.67 Å². The molecule has 0 atom stereocenters. The van der Waals surface area contributed by atoms with Gasteiger partial charge in [-0.2, -0.15) is 5.10 Å². The number of hydrogen-bond donors (Lipinski definition) is 1. The number of fused-ring (bicyclic) bond motifs is 2. The predicted molar refractivity (Wildman–Crippen MR) is 110 cm³/mol. The highest BCUT2D eigenvalue weighted by atomic mass is 16.2. The lowest BCUT2D eigenvalue weighted by Gasteiger charge is -2.20. The first-order chi connectivity index (χ1) is 13.2. The van der Waals surface area contributed by atoms with Crippen LogP contribution in [0.2, 0.25) is 0 Å². The van der Waals surface area contributed by atoms with Gasteiger partial charge in [0.15, 0.2) is 11.5 Å². The summed E-state index contributed by atoms with van der Waals surface area (Å²) in [5.74, 6) is 0.888. The summed E-state index contributed by atoms with van der Waals surface area (Å²) in [7, 11) is 0. The summed E-state index contributed by atoms with van der Waals surface area (Å²) in [6, 6.07) is 8.33. The second-order valence-electron chi connectivity index (χ2n) is 7.76. The zero-order valence-electron chi connectivity index (χ0n) is 16.3. The molecular formula is C22H28N4O. The Morgan fingerprint density at radius 1 is 1.26 bits per heavy atom. The number of nitrogens with one attached hydrogen (secondary N) is 1. The summed E-state index contributed by atoms with van der Waals surface area (Å²) in [4.78, 5) is 17.7. The number of carbonyl (C=O) groups is 1. The maximum Gasteiger partial charge on any atom is 0.228 e. The first-order valence-corrected chi connectivity index (χ1v) is 10.2. The highest BCUT2D eigenvalue weighted by Crippen LogP contribution is 2.29. The number of aromatic nitrogens is 3. The number of unbranched alkanes of at least 4 members (excludes halogenated alkanes) is 1. The van der Waals surface area contributed by atoms with E-state index in [2.05, 4.69) is 37.4 Å². The molecule has 3 aromatic rings. The third-order valence-corrected chi connectivity index (χ3v) is 5.69. The van der Waals surface area contributed by atoms with Gasteiger partial charge in [0.1, 0.15) is 0 Å². The second kappa shape index (κ2) is 7.67. The standard InChI is InChI=1S/C22H28N4O/c1-3-4-13-26-21-18(14-17-12-8-9-15(2)19(17)23-21)20(25-26)24-22(27)16-10-6-5-7-11-16/h8-9,12,14,16H,3-7,10-11,13H2,1-2H3,(H,24,25,27). The monoisotopic (exact) mass is 364 g/mol. The molecule has 1 saturated carbocycles. The van der Waals surface area contributed by atoms with Gasteiger partial charge in [-0.3, -0.25) is 4.79 Å². The molecule has 5 nitrogen and oxygen atoms in total. The van der Waals surface area contributed by atoms with E-state index in [9.17, 15) is 4.79 Å². The molecule has 1 aliphatic rings. The Kier molecular flexibility index (Phi) is 5.10. The average Bonchev–Trinajstić information content (AvgIpc) is 3.02. The van der Waals surface area contributed by atoms with Gasteiger partial charge in [-0.05, 0) is 37.8 Å². The molecule has 2 aromatic heterocycles. The van der Waals surface area contributed by atoms with Gasteiger partial charge in [0.2, 0.25) is 5.91 Å². The fourth-order valence-electron chi connectivity index (χ4n) is 4.07. The molecule has 0 bridgehead atoms. The van der Waals surface area contributed by atoms with E-state index in [1.807, 2.05) is 10.7 Å². The number of nitrogens with zero attached hydrogens (tertiary/aromatic N) is 3. The van der Waals surface area contributed by atoms with Crippen LogP contribution in [-0.4, -0.2) is 20.7 Å². The van der Waals surface area contributed by atoms with Crippen molar-refractivity contribution in [3.63, 3.8) is 0 Å². The number of anilines is 1. The Balaban J connectivity index is 1.75. The highest BCUT2D eigenvalue weighted by molar-refractivity contribution is 6.03. The maximum absolute atomic E-state index is 12.8. The summed E-state index contributed by atoms with van der Waals surface area (Å²) in [5, 5.41) is 9.88. The quantitative estimate of drug-likeness (QED) is 0.676. The van der Waals surface area contributed by atoms with Crippen LogP contribution in [0.15, 0.2) is 24.3 Å². The topological polar surface area (TPSA) is 59.8 Å². The molecule has 1 N–H and O–H groups in total. The van der Waals surface area contributed by atoms with Crippen LogP contribution >= 0.6 is 0 Å². The normalized spacial score (nSPS) is 15.5. The van der Waals surface area contributed by atoms with Gasteiger partial charge in [0.05, 0.1) is 10.9 Å². The Morgan fingerprint density at radius 3 is 2.85 bits per heavy atom. The molecule has 27 heavy (non-hydrogen) atoms. The number of pyridine rings is 1. The van der Waals surface area contributed by atoms with Gasteiger partial charge in [-0.1, -0.05) is 50.8 Å². The van der Waals surface area contributed by atoms with E-state index in [1.165, 1.54) is 6.42 Å². The Morgan fingerprint density at radius 2 is 2.07 bits per heavy atom. The van der Waals surface area contributed by atoms with Crippen LogP contribution in [0.1, 0.15) is 57.4 Å². The van der Waals surface area contributed by atoms with E-state index >= 15 is 0 Å². The summed E-state index contributed by atoms with van der Waals surface area (Å²) in [5.41, 5.74) is 3.03. The Hall–Kier alpha value is -2.43. The maximum atomic E-state index is 12.8. The minimum atomic E-state index is 0.112. The van der Waals surface area contributed by atoms with Crippen molar-refractivity contribution in [2.24, 2.45) is 5.92 Å². The van der Waals surface area contributed by atoms with Crippen LogP contribution in [0.25, 0.3) is 21.9 Å². The minimum Gasteiger partial charge on any atom is -0.308 e. The van der Waals surface area contributed by atoms with Gasteiger partial charge < -0.3 is 5.32 Å². The van der Waals surface area contributed by atoms with E-state index in [1.54, 1.807) is 0 Å². The van der Waals surface area contributed by atoms with Crippen LogP contribution in [0.5, 0.6) is 0 Å². The lowest BCUT2D eigenvalue weighted by atomic mass is 9.89. The van der Waals surface area contributed by atoms with Crippen LogP contribution in [0, 0.1) is 12.8 Å². The highest BCUT2D eigenvalue weighted by Gasteiger charge is 2.23. The minimum absolute atomic E-state index is 0.112. The number of amides is 1. The number of hydrogen-bond acceptors (Lipinski definition) is 3. The summed E-state index contributed by atoms with van der Waals surface area (Å²) in [6.07, 6.45) is 7.65. The smallest absolute Gasteiger partial charge is 0.228 e. The molecular weight excluding hydrogens is 336 g/mol. The van der Waals surface area contributed by atoms with Crippen LogP contribution in [0.4, 0.5) is 5.82 Å². The van der Waals surface area contributed by atoms with Crippen molar-refractivity contribution in [2.75, 3.05) is 5.32 Å². The van der Waals surface area contributed by atoms with E-state index in [-0.39, 0.29) is 11.8 Å². The average molecular weight is 364 g/mol. The molecule has 0 saturated heterocycles. The molecule has 0 unspecified atom stereocenters. The number of benzene rings is 1. The van der Waals surface area contributed by atoms with Crippen LogP contribution in [-0.2, 0) is 11.3 Å². The van der Waals surface area contributed by atoms with E-state index in [0.29, 0.717) is 5.82 Å². The Labute approximate surface area is 160 Å². The number of rotatable bonds is 5. The number of aryl methyl sites for hydroxylation is 2. The van der Waals surface area contributed by atoms with Crippen molar-refractivity contribution in [1.82, 2.24) is 14.8 Å². The SMILES string of the molecule is CCCCn1nc(NC(=O)C2CCCCC2)c2cc3cccc(C)c3nc21. The van der Waals surface area contributed by atoms with Gasteiger partial charge in [0, 0.05) is 17.8 Å². The summed E-state index contributed by atoms with van der Waals surface area (Å²) < 4.78 is 1.96. The molecule has 142 valence electrons. The molecule has 5 heteroatoms. The van der Waals surface area contributed by atoms with Gasteiger partial charge >= 0.3 is 0 Å². The zero-order valence-corrected chi connectivity index (χ0v) is 16.3. The lowest BCUT2D eigenvalue weighted by molar-refractivity contribution is -0.120. The molecule has 0 spiro atoms. The largest absolute Gasteiger partial charge is 0.308 e. The van der Waals surface area contributed by atoms with Crippen LogP contribution in [0.3, 0.4) is 0 Å².